The molecule has 2 amide bonds. The third-order valence-corrected chi connectivity index (χ3v) is 3.05. The Morgan fingerprint density at radius 2 is 1.95 bits per heavy atom. The number of nitrogens with one attached hydrogen (secondary N) is 2. The zero-order valence-electron chi connectivity index (χ0n) is 11.4. The Morgan fingerprint density at radius 3 is 2.43 bits per heavy atom. The van der Waals surface area contributed by atoms with E-state index in [-0.39, 0.29) is 17.0 Å². The summed E-state index contributed by atoms with van der Waals surface area (Å²) < 4.78 is 38.3. The van der Waals surface area contributed by atoms with Gasteiger partial charge < -0.3 is 10.6 Å². The lowest BCUT2D eigenvalue weighted by Gasteiger charge is -2.17. The maximum absolute atomic E-state index is 12.8. The summed E-state index contributed by atoms with van der Waals surface area (Å²) in [6.45, 7) is 2.57. The lowest BCUT2D eigenvalue weighted by Crippen LogP contribution is -2.44. The van der Waals surface area contributed by atoms with Crippen molar-refractivity contribution in [1.29, 1.82) is 0 Å². The Hall–Kier alpha value is -1.70. The highest BCUT2D eigenvalue weighted by Gasteiger charge is 2.32. The number of halogens is 3. The largest absolute Gasteiger partial charge is 0.416 e. The van der Waals surface area contributed by atoms with E-state index < -0.39 is 29.6 Å². The van der Waals surface area contributed by atoms with E-state index in [4.69, 9.17) is 0 Å². The number of benzene rings is 1. The first-order valence-electron chi connectivity index (χ1n) is 6.02. The lowest BCUT2D eigenvalue weighted by atomic mass is 10.1. The molecule has 0 saturated heterocycles. The minimum atomic E-state index is -4.49. The Bertz CT molecular complexity index is 547. The van der Waals surface area contributed by atoms with Gasteiger partial charge in [0.1, 0.15) is 6.04 Å². The van der Waals surface area contributed by atoms with E-state index in [1.807, 2.05) is 0 Å². The highest BCUT2D eigenvalue weighted by molar-refractivity contribution is 7.80. The molecule has 8 heteroatoms. The van der Waals surface area contributed by atoms with Gasteiger partial charge in [0.25, 0.3) is 0 Å². The number of carbonyl (C=O) groups is 2. The van der Waals surface area contributed by atoms with Gasteiger partial charge in [-0.3, -0.25) is 9.59 Å². The number of alkyl halides is 3. The predicted molar refractivity (Wildman–Crippen MR) is 76.3 cm³/mol. The zero-order chi connectivity index (χ0) is 16.2. The van der Waals surface area contributed by atoms with Crippen LogP contribution in [0.1, 0.15) is 18.1 Å². The Balaban J connectivity index is 2.93. The molecule has 4 nitrogen and oxygen atoms in total. The van der Waals surface area contributed by atoms with E-state index >= 15 is 0 Å². The van der Waals surface area contributed by atoms with Crippen LogP contribution in [0.4, 0.5) is 18.9 Å². The van der Waals surface area contributed by atoms with Crippen LogP contribution in [0.2, 0.25) is 0 Å². The van der Waals surface area contributed by atoms with Gasteiger partial charge in [0.15, 0.2) is 0 Å². The summed E-state index contributed by atoms with van der Waals surface area (Å²) in [6.07, 6.45) is -4.49. The van der Waals surface area contributed by atoms with Gasteiger partial charge >= 0.3 is 6.18 Å². The van der Waals surface area contributed by atoms with Crippen molar-refractivity contribution < 1.29 is 22.8 Å². The highest BCUT2D eigenvalue weighted by Crippen LogP contribution is 2.33. The second-order valence-corrected chi connectivity index (χ2v) is 4.82. The van der Waals surface area contributed by atoms with Crippen LogP contribution in [0, 0.1) is 6.92 Å². The average Bonchev–Trinajstić information content (AvgIpc) is 2.36. The molecule has 0 aliphatic heterocycles. The molecular weight excluding hydrogens is 305 g/mol. The van der Waals surface area contributed by atoms with Crippen molar-refractivity contribution in [2.45, 2.75) is 26.1 Å². The summed E-state index contributed by atoms with van der Waals surface area (Å²) in [5, 5.41) is 4.69. The summed E-state index contributed by atoms with van der Waals surface area (Å²) in [5.41, 5.74) is -0.745. The van der Waals surface area contributed by atoms with Crippen molar-refractivity contribution in [1.82, 2.24) is 5.32 Å². The minimum absolute atomic E-state index is 0.00932. The van der Waals surface area contributed by atoms with Crippen LogP contribution < -0.4 is 10.6 Å². The molecule has 0 heterocycles. The van der Waals surface area contributed by atoms with Gasteiger partial charge in [-0.2, -0.15) is 25.8 Å². The molecule has 0 aromatic heterocycles. The van der Waals surface area contributed by atoms with Gasteiger partial charge in [0.2, 0.25) is 11.8 Å². The zero-order valence-corrected chi connectivity index (χ0v) is 12.3. The third-order valence-electron chi connectivity index (χ3n) is 2.69. The van der Waals surface area contributed by atoms with Crippen LogP contribution >= 0.6 is 12.6 Å². The Labute approximate surface area is 125 Å². The molecule has 0 radical (unpaired) electrons. The fourth-order valence-corrected chi connectivity index (χ4v) is 1.93. The van der Waals surface area contributed by atoms with Crippen molar-refractivity contribution >= 4 is 30.1 Å². The molecular formula is C13H15F3N2O2S. The first-order valence-corrected chi connectivity index (χ1v) is 6.65. The van der Waals surface area contributed by atoms with Crippen molar-refractivity contribution in [2.24, 2.45) is 0 Å². The van der Waals surface area contributed by atoms with Gasteiger partial charge in [0.05, 0.1) is 5.56 Å². The monoisotopic (exact) mass is 320 g/mol. The quantitative estimate of drug-likeness (QED) is 0.746. The molecule has 2 N–H and O–H groups in total. The first kappa shape index (κ1) is 17.4. The fourth-order valence-electron chi connectivity index (χ4n) is 1.67. The highest BCUT2D eigenvalue weighted by atomic mass is 32.1. The average molecular weight is 320 g/mol. The van der Waals surface area contributed by atoms with Gasteiger partial charge in [-0.25, -0.2) is 0 Å². The lowest BCUT2D eigenvalue weighted by molar-refractivity contribution is -0.138. The van der Waals surface area contributed by atoms with E-state index in [0.29, 0.717) is 0 Å². The molecule has 1 rings (SSSR count). The van der Waals surface area contributed by atoms with Crippen molar-refractivity contribution in [3.05, 3.63) is 29.3 Å². The molecule has 1 unspecified atom stereocenters. The van der Waals surface area contributed by atoms with E-state index in [1.54, 1.807) is 0 Å². The summed E-state index contributed by atoms with van der Waals surface area (Å²) in [5.74, 6) is -1.02. The molecule has 0 bridgehead atoms. The SMILES string of the molecule is CC(=O)NC(CS)C(=O)Nc1ccc(C)c(C(F)(F)F)c1. The molecule has 21 heavy (non-hydrogen) atoms. The van der Waals surface area contributed by atoms with Crippen LogP contribution in [0.15, 0.2) is 18.2 Å². The fraction of sp³-hybridized carbons (Fsp3) is 0.385. The second-order valence-electron chi connectivity index (χ2n) is 4.45. The second kappa shape index (κ2) is 6.84. The number of hydrogen-bond acceptors (Lipinski definition) is 3. The number of rotatable bonds is 4. The summed E-state index contributed by atoms with van der Waals surface area (Å²) in [7, 11) is 0. The topological polar surface area (TPSA) is 58.2 Å². The van der Waals surface area contributed by atoms with Crippen LogP contribution in [0.3, 0.4) is 0 Å². The number of carbonyl (C=O) groups excluding carboxylic acids is 2. The number of anilines is 1. The molecule has 116 valence electrons. The molecule has 0 spiro atoms. The van der Waals surface area contributed by atoms with E-state index in [0.717, 1.165) is 6.07 Å². The maximum Gasteiger partial charge on any atom is 0.416 e. The molecule has 0 aliphatic rings. The van der Waals surface area contributed by atoms with Crippen LogP contribution in [0.5, 0.6) is 0 Å². The third kappa shape index (κ3) is 4.96. The molecule has 1 aromatic rings. The number of hydrogen-bond donors (Lipinski definition) is 3. The van der Waals surface area contributed by atoms with Gasteiger partial charge in [-0.05, 0) is 24.6 Å². The van der Waals surface area contributed by atoms with E-state index in [2.05, 4.69) is 23.3 Å². The smallest absolute Gasteiger partial charge is 0.344 e. The van der Waals surface area contributed by atoms with Crippen molar-refractivity contribution in [3.63, 3.8) is 0 Å². The summed E-state index contributed by atoms with van der Waals surface area (Å²) >= 11 is 3.92. The van der Waals surface area contributed by atoms with Crippen LogP contribution in [-0.2, 0) is 15.8 Å². The molecule has 1 aromatic carbocycles. The van der Waals surface area contributed by atoms with Crippen LogP contribution in [-0.4, -0.2) is 23.6 Å². The molecule has 0 fully saturated rings. The minimum Gasteiger partial charge on any atom is -0.344 e. The van der Waals surface area contributed by atoms with Crippen molar-refractivity contribution in [2.75, 3.05) is 11.1 Å². The van der Waals surface area contributed by atoms with Gasteiger partial charge in [0, 0.05) is 18.4 Å². The molecule has 0 aliphatic carbocycles. The van der Waals surface area contributed by atoms with E-state index in [9.17, 15) is 22.8 Å². The number of thiol groups is 1. The first-order chi connectivity index (χ1) is 9.65. The van der Waals surface area contributed by atoms with Crippen molar-refractivity contribution in [3.8, 4) is 0 Å². The summed E-state index contributed by atoms with van der Waals surface area (Å²) in [6, 6.07) is 2.58. The molecule has 0 saturated carbocycles. The van der Waals surface area contributed by atoms with Gasteiger partial charge in [-0.1, -0.05) is 6.07 Å². The van der Waals surface area contributed by atoms with Gasteiger partial charge in [-0.15, -0.1) is 0 Å². The predicted octanol–water partition coefficient (Wildman–Crippen LogP) is 2.39. The maximum atomic E-state index is 12.8. The summed E-state index contributed by atoms with van der Waals surface area (Å²) in [4.78, 5) is 22.8. The standard InChI is InChI=1S/C13H15F3N2O2S/c1-7-3-4-9(5-10(7)13(14,15)16)18-12(20)11(6-21)17-8(2)19/h3-5,11,21H,6H2,1-2H3,(H,17,19)(H,18,20). The van der Waals surface area contributed by atoms with E-state index in [1.165, 1.54) is 26.0 Å². The Kier molecular flexibility index (Phi) is 5.65. The normalized spacial score (nSPS) is 12.7. The van der Waals surface area contributed by atoms with Crippen LogP contribution in [0.25, 0.3) is 0 Å². The number of aryl methyl sites for hydroxylation is 1. The molecule has 1 atom stereocenters. The number of amides is 2. The Morgan fingerprint density at radius 1 is 1.33 bits per heavy atom.